The summed E-state index contributed by atoms with van der Waals surface area (Å²) < 4.78 is 0. The standard InChI is InChI=1S/C19H26N2O2/c1-2-15(8-13-6-4-3-5-7-13)17-11-18(17)20-12-14-9-16(10-14)21-19(22)23/h3-8,14,16-18,20-21H,2,9-12H2,1H3,(H,22,23)/b15-8+/t14-,16-,17?,18?. The van der Waals surface area contributed by atoms with Gasteiger partial charge in [-0.1, -0.05) is 48.9 Å². The summed E-state index contributed by atoms with van der Waals surface area (Å²) in [5.74, 6) is 1.30. The number of rotatable bonds is 7. The normalized spacial score (nSPS) is 29.7. The molecule has 2 fully saturated rings. The highest BCUT2D eigenvalue weighted by molar-refractivity contribution is 5.65. The zero-order valence-electron chi connectivity index (χ0n) is 13.7. The third-order valence-electron chi connectivity index (χ3n) is 5.06. The van der Waals surface area contributed by atoms with E-state index in [1.807, 2.05) is 0 Å². The monoisotopic (exact) mass is 314 g/mol. The quantitative estimate of drug-likeness (QED) is 0.722. The van der Waals surface area contributed by atoms with Gasteiger partial charge >= 0.3 is 6.09 Å². The van der Waals surface area contributed by atoms with Crippen LogP contribution in [0.25, 0.3) is 6.08 Å². The van der Waals surface area contributed by atoms with Crippen LogP contribution in [0.2, 0.25) is 0 Å². The first kappa shape index (κ1) is 16.1. The molecule has 2 atom stereocenters. The minimum absolute atomic E-state index is 0.165. The lowest BCUT2D eigenvalue weighted by Gasteiger charge is -2.35. The molecule has 0 aliphatic heterocycles. The van der Waals surface area contributed by atoms with Crippen LogP contribution in [0.4, 0.5) is 4.79 Å². The molecule has 4 heteroatoms. The first-order chi connectivity index (χ1) is 11.2. The van der Waals surface area contributed by atoms with Crippen molar-refractivity contribution in [2.45, 2.75) is 44.7 Å². The maximum absolute atomic E-state index is 10.6. The van der Waals surface area contributed by atoms with Gasteiger partial charge in [0.1, 0.15) is 0 Å². The fourth-order valence-electron chi connectivity index (χ4n) is 3.58. The van der Waals surface area contributed by atoms with E-state index in [1.54, 1.807) is 0 Å². The second-order valence-electron chi connectivity index (χ2n) is 6.82. The Kier molecular flexibility index (Phi) is 5.01. The molecule has 23 heavy (non-hydrogen) atoms. The summed E-state index contributed by atoms with van der Waals surface area (Å²) in [4.78, 5) is 10.6. The zero-order chi connectivity index (χ0) is 16.2. The Morgan fingerprint density at radius 1 is 1.26 bits per heavy atom. The minimum Gasteiger partial charge on any atom is -0.465 e. The van der Waals surface area contributed by atoms with Gasteiger partial charge in [-0.05, 0) is 49.6 Å². The summed E-state index contributed by atoms with van der Waals surface area (Å²) in [6, 6.07) is 11.3. The molecule has 2 aliphatic carbocycles. The van der Waals surface area contributed by atoms with Crippen molar-refractivity contribution in [3.63, 3.8) is 0 Å². The molecule has 2 saturated carbocycles. The number of hydrogen-bond acceptors (Lipinski definition) is 2. The van der Waals surface area contributed by atoms with Crippen LogP contribution in [-0.2, 0) is 0 Å². The summed E-state index contributed by atoms with van der Waals surface area (Å²) in [6.45, 7) is 3.25. The van der Waals surface area contributed by atoms with Crippen LogP contribution in [0.15, 0.2) is 35.9 Å². The molecule has 1 aromatic rings. The van der Waals surface area contributed by atoms with Crippen LogP contribution in [0, 0.1) is 11.8 Å². The molecule has 3 N–H and O–H groups in total. The Balaban J connectivity index is 1.41. The molecule has 2 unspecified atom stereocenters. The van der Waals surface area contributed by atoms with Crippen LogP contribution in [0.3, 0.4) is 0 Å². The van der Waals surface area contributed by atoms with Crippen molar-refractivity contribution in [3.05, 3.63) is 41.5 Å². The largest absolute Gasteiger partial charge is 0.465 e. The zero-order valence-corrected chi connectivity index (χ0v) is 13.7. The molecule has 124 valence electrons. The third kappa shape index (κ3) is 4.35. The summed E-state index contributed by atoms with van der Waals surface area (Å²) in [6.07, 6.45) is 5.71. The average molecular weight is 314 g/mol. The maximum atomic E-state index is 10.6. The molecule has 2 aliphatic rings. The first-order valence-electron chi connectivity index (χ1n) is 8.64. The predicted octanol–water partition coefficient (Wildman–Crippen LogP) is 3.50. The lowest BCUT2D eigenvalue weighted by atomic mass is 9.80. The number of benzene rings is 1. The van der Waals surface area contributed by atoms with E-state index >= 15 is 0 Å². The van der Waals surface area contributed by atoms with Gasteiger partial charge in [0.2, 0.25) is 0 Å². The molecule has 0 saturated heterocycles. The summed E-state index contributed by atoms with van der Waals surface area (Å²) in [5, 5.41) is 14.9. The van der Waals surface area contributed by atoms with E-state index in [-0.39, 0.29) is 6.04 Å². The molecule has 1 amide bonds. The Hall–Kier alpha value is -1.81. The van der Waals surface area contributed by atoms with E-state index in [2.05, 4.69) is 54.0 Å². The van der Waals surface area contributed by atoms with Crippen molar-refractivity contribution >= 4 is 12.2 Å². The third-order valence-corrected chi connectivity index (χ3v) is 5.06. The van der Waals surface area contributed by atoms with E-state index in [4.69, 9.17) is 5.11 Å². The lowest BCUT2D eigenvalue weighted by Crippen LogP contribution is -2.47. The van der Waals surface area contributed by atoms with Crippen molar-refractivity contribution in [2.75, 3.05) is 6.54 Å². The first-order valence-corrected chi connectivity index (χ1v) is 8.64. The number of hydrogen-bond donors (Lipinski definition) is 3. The molecule has 3 rings (SSSR count). The molecular formula is C19H26N2O2. The van der Waals surface area contributed by atoms with E-state index in [0.717, 1.165) is 25.8 Å². The van der Waals surface area contributed by atoms with Gasteiger partial charge in [-0.2, -0.15) is 0 Å². The Bertz CT molecular complexity index is 564. The molecule has 0 radical (unpaired) electrons. The molecule has 0 spiro atoms. The molecule has 1 aromatic carbocycles. The number of carboxylic acid groups (broad SMARTS) is 1. The van der Waals surface area contributed by atoms with Crippen molar-refractivity contribution in [1.82, 2.24) is 10.6 Å². The van der Waals surface area contributed by atoms with E-state index in [1.165, 1.54) is 17.6 Å². The van der Waals surface area contributed by atoms with Gasteiger partial charge in [0.15, 0.2) is 0 Å². The Labute approximate surface area is 138 Å². The Morgan fingerprint density at radius 3 is 2.65 bits per heavy atom. The SMILES string of the molecule is CC/C(=C\c1ccccc1)C1CC1NC[C@H]1C[C@H](NC(=O)O)C1. The van der Waals surface area contributed by atoms with Crippen molar-refractivity contribution in [3.8, 4) is 0 Å². The van der Waals surface area contributed by atoms with Crippen molar-refractivity contribution < 1.29 is 9.90 Å². The molecule has 0 heterocycles. The van der Waals surface area contributed by atoms with Gasteiger partial charge in [-0.3, -0.25) is 0 Å². The highest BCUT2D eigenvalue weighted by Crippen LogP contribution is 2.40. The van der Waals surface area contributed by atoms with Crippen molar-refractivity contribution in [1.29, 1.82) is 0 Å². The average Bonchev–Trinajstić information content (AvgIpc) is 3.27. The van der Waals surface area contributed by atoms with Crippen LogP contribution in [0.5, 0.6) is 0 Å². The van der Waals surface area contributed by atoms with Crippen molar-refractivity contribution in [2.24, 2.45) is 11.8 Å². The summed E-state index contributed by atoms with van der Waals surface area (Å²) in [7, 11) is 0. The number of carbonyl (C=O) groups is 1. The smallest absolute Gasteiger partial charge is 0.404 e. The molecular weight excluding hydrogens is 288 g/mol. The highest BCUT2D eigenvalue weighted by Gasteiger charge is 2.40. The summed E-state index contributed by atoms with van der Waals surface area (Å²) in [5.41, 5.74) is 2.82. The van der Waals surface area contributed by atoms with Gasteiger partial charge in [0.05, 0.1) is 0 Å². The predicted molar refractivity (Wildman–Crippen MR) is 92.3 cm³/mol. The lowest BCUT2D eigenvalue weighted by molar-refractivity contribution is 0.164. The van der Waals surface area contributed by atoms with Crippen LogP contribution in [0.1, 0.15) is 38.2 Å². The Morgan fingerprint density at radius 2 is 2.00 bits per heavy atom. The number of amides is 1. The van der Waals surface area contributed by atoms with E-state index in [0.29, 0.717) is 17.9 Å². The molecule has 4 nitrogen and oxygen atoms in total. The topological polar surface area (TPSA) is 61.4 Å². The molecule has 0 bridgehead atoms. The minimum atomic E-state index is -0.901. The van der Waals surface area contributed by atoms with E-state index in [9.17, 15) is 4.79 Å². The fourth-order valence-corrected chi connectivity index (χ4v) is 3.58. The van der Waals surface area contributed by atoms with Gasteiger partial charge in [0, 0.05) is 12.1 Å². The van der Waals surface area contributed by atoms with Crippen LogP contribution in [-0.4, -0.2) is 29.8 Å². The maximum Gasteiger partial charge on any atom is 0.404 e. The number of nitrogens with one attached hydrogen (secondary N) is 2. The van der Waals surface area contributed by atoms with Gasteiger partial charge in [-0.25, -0.2) is 4.79 Å². The fraction of sp³-hybridized carbons (Fsp3) is 0.526. The van der Waals surface area contributed by atoms with Gasteiger partial charge in [0.25, 0.3) is 0 Å². The summed E-state index contributed by atoms with van der Waals surface area (Å²) >= 11 is 0. The van der Waals surface area contributed by atoms with Crippen LogP contribution < -0.4 is 10.6 Å². The van der Waals surface area contributed by atoms with Gasteiger partial charge in [-0.15, -0.1) is 0 Å². The second-order valence-corrected chi connectivity index (χ2v) is 6.82. The molecule has 0 aromatic heterocycles. The van der Waals surface area contributed by atoms with Gasteiger partial charge < -0.3 is 15.7 Å². The second kappa shape index (κ2) is 7.18. The van der Waals surface area contributed by atoms with Crippen LogP contribution >= 0.6 is 0 Å². The highest BCUT2D eigenvalue weighted by atomic mass is 16.4. The van der Waals surface area contributed by atoms with E-state index < -0.39 is 6.09 Å².